The van der Waals surface area contributed by atoms with Crippen LogP contribution in [0.15, 0.2) is 4.42 Å². The highest BCUT2D eigenvalue weighted by Crippen LogP contribution is 2.21. The zero-order valence-electron chi connectivity index (χ0n) is 14.3. The smallest absolute Gasteiger partial charge is 0.342 e. The molecular weight excluding hydrogens is 336 g/mol. The monoisotopic (exact) mass is 358 g/mol. The number of carbonyl (C=O) groups is 2. The lowest BCUT2D eigenvalue weighted by atomic mass is 10.1. The fourth-order valence-corrected chi connectivity index (χ4v) is 3.48. The lowest BCUT2D eigenvalue weighted by molar-refractivity contribution is -0.135. The van der Waals surface area contributed by atoms with Crippen molar-refractivity contribution in [1.82, 2.24) is 9.21 Å². The second-order valence-electron chi connectivity index (χ2n) is 5.83. The van der Waals surface area contributed by atoms with Crippen molar-refractivity contribution in [3.05, 3.63) is 22.6 Å². The molecule has 2 heterocycles. The highest BCUT2D eigenvalue weighted by Gasteiger charge is 2.27. The maximum absolute atomic E-state index is 12.1. The number of piperazine rings is 1. The molecule has 1 fully saturated rings. The maximum Gasteiger partial charge on any atom is 0.342 e. The van der Waals surface area contributed by atoms with Crippen molar-refractivity contribution in [1.29, 1.82) is 0 Å². The van der Waals surface area contributed by atoms with Crippen molar-refractivity contribution >= 4 is 21.9 Å². The molecule has 24 heavy (non-hydrogen) atoms. The van der Waals surface area contributed by atoms with Gasteiger partial charge in [-0.2, -0.15) is 4.31 Å². The van der Waals surface area contributed by atoms with Crippen LogP contribution < -0.4 is 0 Å². The van der Waals surface area contributed by atoms with Gasteiger partial charge in [0.15, 0.2) is 6.61 Å². The van der Waals surface area contributed by atoms with Crippen molar-refractivity contribution in [2.45, 2.75) is 20.8 Å². The summed E-state index contributed by atoms with van der Waals surface area (Å²) in [5.74, 6) is 0.170. The van der Waals surface area contributed by atoms with Crippen LogP contribution in [0, 0.1) is 20.8 Å². The van der Waals surface area contributed by atoms with Crippen molar-refractivity contribution < 1.29 is 27.2 Å². The molecule has 0 unspecified atom stereocenters. The van der Waals surface area contributed by atoms with Gasteiger partial charge in [0.2, 0.25) is 10.0 Å². The van der Waals surface area contributed by atoms with Crippen molar-refractivity contribution in [3.8, 4) is 0 Å². The predicted octanol–water partition coefficient (Wildman–Crippen LogP) is 0.465. The van der Waals surface area contributed by atoms with E-state index in [0.29, 0.717) is 22.6 Å². The van der Waals surface area contributed by atoms with E-state index in [0.717, 1.165) is 6.26 Å². The van der Waals surface area contributed by atoms with E-state index in [1.165, 1.54) is 9.21 Å². The van der Waals surface area contributed by atoms with Crippen molar-refractivity contribution in [2.75, 3.05) is 39.0 Å². The Morgan fingerprint density at radius 2 is 1.67 bits per heavy atom. The molecule has 1 aromatic heterocycles. The van der Waals surface area contributed by atoms with Crippen LogP contribution >= 0.6 is 0 Å². The largest absolute Gasteiger partial charge is 0.465 e. The average Bonchev–Trinajstić information content (AvgIpc) is 2.76. The van der Waals surface area contributed by atoms with Gasteiger partial charge in [-0.15, -0.1) is 0 Å². The molecule has 0 radical (unpaired) electrons. The van der Waals surface area contributed by atoms with Crippen LogP contribution in [0.2, 0.25) is 0 Å². The molecule has 134 valence electrons. The zero-order valence-corrected chi connectivity index (χ0v) is 15.1. The summed E-state index contributed by atoms with van der Waals surface area (Å²) < 4.78 is 34.7. The van der Waals surface area contributed by atoms with Gasteiger partial charge in [-0.1, -0.05) is 0 Å². The number of sulfonamides is 1. The SMILES string of the molecule is Cc1oc(C)c(C(=O)OCC(=O)N2CCN(S(C)(=O)=O)CC2)c1C. The van der Waals surface area contributed by atoms with Gasteiger partial charge in [0, 0.05) is 31.7 Å². The van der Waals surface area contributed by atoms with Crippen LogP contribution in [0.5, 0.6) is 0 Å². The van der Waals surface area contributed by atoms with Crippen LogP contribution in [0.3, 0.4) is 0 Å². The molecule has 0 N–H and O–H groups in total. The number of aryl methyl sites for hydroxylation is 2. The summed E-state index contributed by atoms with van der Waals surface area (Å²) in [7, 11) is -3.24. The van der Waals surface area contributed by atoms with Crippen molar-refractivity contribution in [3.63, 3.8) is 0 Å². The molecule has 0 aliphatic carbocycles. The first-order chi connectivity index (χ1) is 11.1. The minimum Gasteiger partial charge on any atom is -0.465 e. The van der Waals surface area contributed by atoms with E-state index in [1.54, 1.807) is 20.8 Å². The van der Waals surface area contributed by atoms with Gasteiger partial charge in [-0.05, 0) is 20.8 Å². The summed E-state index contributed by atoms with van der Waals surface area (Å²) in [6.07, 6.45) is 1.14. The van der Waals surface area contributed by atoms with Crippen LogP contribution in [0.1, 0.15) is 27.4 Å². The number of amides is 1. The fraction of sp³-hybridized carbons (Fsp3) is 0.600. The fourth-order valence-electron chi connectivity index (χ4n) is 2.65. The summed E-state index contributed by atoms with van der Waals surface area (Å²) >= 11 is 0. The highest BCUT2D eigenvalue weighted by molar-refractivity contribution is 7.88. The van der Waals surface area contributed by atoms with Gasteiger partial charge >= 0.3 is 5.97 Å². The zero-order chi connectivity index (χ0) is 18.1. The lowest BCUT2D eigenvalue weighted by Gasteiger charge is -2.33. The third-order valence-electron chi connectivity index (χ3n) is 4.15. The maximum atomic E-state index is 12.1. The third-order valence-corrected chi connectivity index (χ3v) is 5.46. The first-order valence-electron chi connectivity index (χ1n) is 7.58. The van der Waals surface area contributed by atoms with Crippen LogP contribution in [0.4, 0.5) is 0 Å². The number of hydrogen-bond donors (Lipinski definition) is 0. The minimum absolute atomic E-state index is 0.248. The minimum atomic E-state index is -3.24. The number of rotatable bonds is 4. The molecule has 0 atom stereocenters. The molecule has 0 saturated carbocycles. The van der Waals surface area contributed by atoms with Crippen LogP contribution in [0.25, 0.3) is 0 Å². The Kier molecular flexibility index (Phi) is 5.34. The van der Waals surface area contributed by atoms with E-state index >= 15 is 0 Å². The normalized spacial score (nSPS) is 16.2. The summed E-state index contributed by atoms with van der Waals surface area (Å²) in [5, 5.41) is 0. The van der Waals surface area contributed by atoms with Gasteiger partial charge < -0.3 is 14.1 Å². The first-order valence-corrected chi connectivity index (χ1v) is 9.42. The average molecular weight is 358 g/mol. The molecule has 1 saturated heterocycles. The van der Waals surface area contributed by atoms with Gasteiger partial charge in [0.1, 0.15) is 17.1 Å². The van der Waals surface area contributed by atoms with Crippen LogP contribution in [-0.2, 0) is 19.6 Å². The Hall–Kier alpha value is -1.87. The number of nitrogens with zero attached hydrogens (tertiary/aromatic N) is 2. The number of esters is 1. The molecule has 0 bridgehead atoms. The second-order valence-corrected chi connectivity index (χ2v) is 7.82. The molecule has 0 spiro atoms. The topological polar surface area (TPSA) is 97.1 Å². The van der Waals surface area contributed by atoms with Gasteiger partial charge in [-0.3, -0.25) is 4.79 Å². The van der Waals surface area contributed by atoms with Gasteiger partial charge in [0.25, 0.3) is 5.91 Å². The number of ether oxygens (including phenoxy) is 1. The van der Waals surface area contributed by atoms with E-state index in [-0.39, 0.29) is 38.7 Å². The summed E-state index contributed by atoms with van der Waals surface area (Å²) in [5.41, 5.74) is 1.05. The molecular formula is C15H22N2O6S. The van der Waals surface area contributed by atoms with Crippen LogP contribution in [-0.4, -0.2) is 68.5 Å². The molecule has 0 aromatic carbocycles. The molecule has 8 nitrogen and oxygen atoms in total. The highest BCUT2D eigenvalue weighted by atomic mass is 32.2. The Bertz CT molecular complexity index is 744. The number of hydrogen-bond acceptors (Lipinski definition) is 6. The predicted molar refractivity (Wildman–Crippen MR) is 86.2 cm³/mol. The van der Waals surface area contributed by atoms with Gasteiger partial charge in [0.05, 0.1) is 6.26 Å². The Labute approximate surface area is 141 Å². The van der Waals surface area contributed by atoms with E-state index in [1.807, 2.05) is 0 Å². The second kappa shape index (κ2) is 6.94. The molecule has 1 amide bonds. The first kappa shape index (κ1) is 18.5. The quantitative estimate of drug-likeness (QED) is 0.726. The lowest BCUT2D eigenvalue weighted by Crippen LogP contribution is -2.51. The molecule has 2 rings (SSSR count). The standard InChI is InChI=1S/C15H22N2O6S/c1-10-11(2)23-12(3)14(10)15(19)22-9-13(18)16-5-7-17(8-6-16)24(4,20)21/h5-9H2,1-4H3. The van der Waals surface area contributed by atoms with E-state index < -0.39 is 16.0 Å². The number of carbonyl (C=O) groups excluding carboxylic acids is 2. The Morgan fingerprint density at radius 1 is 1.08 bits per heavy atom. The Morgan fingerprint density at radius 3 is 2.12 bits per heavy atom. The summed E-state index contributed by atoms with van der Waals surface area (Å²) in [6.45, 7) is 5.87. The molecule has 1 aliphatic rings. The third kappa shape index (κ3) is 3.96. The summed E-state index contributed by atoms with van der Waals surface area (Å²) in [4.78, 5) is 25.7. The van der Waals surface area contributed by atoms with E-state index in [9.17, 15) is 18.0 Å². The number of furan rings is 1. The molecule has 1 aliphatic heterocycles. The van der Waals surface area contributed by atoms with Gasteiger partial charge in [-0.25, -0.2) is 13.2 Å². The van der Waals surface area contributed by atoms with E-state index in [4.69, 9.17) is 9.15 Å². The molecule has 1 aromatic rings. The Balaban J connectivity index is 1.89. The van der Waals surface area contributed by atoms with E-state index in [2.05, 4.69) is 0 Å². The van der Waals surface area contributed by atoms with Crippen molar-refractivity contribution in [2.24, 2.45) is 0 Å². The molecule has 9 heteroatoms. The summed E-state index contributed by atoms with van der Waals surface area (Å²) in [6, 6.07) is 0.